The number of nitrogens with zero attached hydrogens (tertiary/aromatic N) is 2. The average Bonchev–Trinajstić information content (AvgIpc) is 2.62. The van der Waals surface area contributed by atoms with Crippen molar-refractivity contribution in [1.29, 1.82) is 0 Å². The lowest BCUT2D eigenvalue weighted by Crippen LogP contribution is -2.51. The van der Waals surface area contributed by atoms with Crippen LogP contribution in [0, 0.1) is 11.8 Å². The molecule has 1 heterocycles. The van der Waals surface area contributed by atoms with Crippen LogP contribution in [-0.4, -0.2) is 54.5 Å². The van der Waals surface area contributed by atoms with E-state index >= 15 is 0 Å². The Kier molecular flexibility index (Phi) is 6.49. The van der Waals surface area contributed by atoms with Crippen molar-refractivity contribution in [2.24, 2.45) is 11.8 Å². The molecule has 0 aromatic heterocycles. The van der Waals surface area contributed by atoms with E-state index in [2.05, 4.69) is 59.3 Å². The maximum atomic E-state index is 12.4. The Hall–Kier alpha value is -1.39. The second-order valence-electron chi connectivity index (χ2n) is 7.98. The highest BCUT2D eigenvalue weighted by molar-refractivity contribution is 5.78. The summed E-state index contributed by atoms with van der Waals surface area (Å²) in [5, 5.41) is 3.30. The molecule has 2 fully saturated rings. The van der Waals surface area contributed by atoms with Crippen LogP contribution in [-0.2, 0) is 11.3 Å². The minimum absolute atomic E-state index is 0.211. The topological polar surface area (TPSA) is 35.6 Å². The summed E-state index contributed by atoms with van der Waals surface area (Å²) in [4.78, 5) is 17.2. The van der Waals surface area contributed by atoms with Gasteiger partial charge in [0.2, 0.25) is 5.91 Å². The minimum Gasteiger partial charge on any atom is -0.352 e. The highest BCUT2D eigenvalue weighted by Gasteiger charge is 2.28. The van der Waals surface area contributed by atoms with Gasteiger partial charge in [0.1, 0.15) is 0 Å². The van der Waals surface area contributed by atoms with E-state index in [0.717, 1.165) is 45.1 Å². The number of rotatable bonds is 5. The van der Waals surface area contributed by atoms with Gasteiger partial charge in [0.25, 0.3) is 0 Å². The molecule has 1 aliphatic heterocycles. The molecular formula is C21H33N3O. The smallest absolute Gasteiger partial charge is 0.234 e. The fraction of sp³-hybridized carbons (Fsp3) is 0.667. The van der Waals surface area contributed by atoms with Crippen molar-refractivity contribution in [3.05, 3.63) is 35.9 Å². The zero-order valence-corrected chi connectivity index (χ0v) is 15.8. The van der Waals surface area contributed by atoms with Crippen LogP contribution in [0.25, 0.3) is 0 Å². The summed E-state index contributed by atoms with van der Waals surface area (Å²) in [5.41, 5.74) is 1.37. The van der Waals surface area contributed by atoms with Crippen LogP contribution in [0.1, 0.15) is 38.7 Å². The molecule has 0 unspecified atom stereocenters. The van der Waals surface area contributed by atoms with Crippen LogP contribution in [0.4, 0.5) is 0 Å². The van der Waals surface area contributed by atoms with Gasteiger partial charge in [0, 0.05) is 38.8 Å². The van der Waals surface area contributed by atoms with Crippen LogP contribution in [0.2, 0.25) is 0 Å². The van der Waals surface area contributed by atoms with Gasteiger partial charge in [-0.25, -0.2) is 0 Å². The van der Waals surface area contributed by atoms with E-state index in [-0.39, 0.29) is 5.91 Å². The van der Waals surface area contributed by atoms with Crippen molar-refractivity contribution in [1.82, 2.24) is 15.1 Å². The lowest BCUT2D eigenvalue weighted by atomic mass is 9.78. The normalized spacial score (nSPS) is 28.6. The Balaban J connectivity index is 1.39. The second kappa shape index (κ2) is 8.81. The summed E-state index contributed by atoms with van der Waals surface area (Å²) in [6, 6.07) is 11.0. The Morgan fingerprint density at radius 2 is 1.72 bits per heavy atom. The minimum atomic E-state index is 0.211. The molecule has 1 aromatic carbocycles. The highest BCUT2D eigenvalue weighted by atomic mass is 16.2. The van der Waals surface area contributed by atoms with E-state index in [1.165, 1.54) is 18.4 Å². The number of piperazine rings is 1. The molecule has 3 rings (SSSR count). The molecule has 4 heteroatoms. The quantitative estimate of drug-likeness (QED) is 0.893. The SMILES string of the molecule is C[C@@H]1[C@H](C)CCC[C@@H]1NC(=O)CN1CCN(Cc2ccccc2)CC1. The molecule has 1 saturated carbocycles. The van der Waals surface area contributed by atoms with E-state index in [9.17, 15) is 4.79 Å². The van der Waals surface area contributed by atoms with Crippen LogP contribution in [0.15, 0.2) is 30.3 Å². The monoisotopic (exact) mass is 343 g/mol. The molecule has 1 saturated heterocycles. The molecule has 138 valence electrons. The number of hydrogen-bond donors (Lipinski definition) is 1. The van der Waals surface area contributed by atoms with Crippen molar-refractivity contribution in [2.45, 2.75) is 45.7 Å². The summed E-state index contributed by atoms with van der Waals surface area (Å²) < 4.78 is 0. The van der Waals surface area contributed by atoms with Gasteiger partial charge in [-0.2, -0.15) is 0 Å². The van der Waals surface area contributed by atoms with Gasteiger partial charge in [0.15, 0.2) is 0 Å². The molecule has 25 heavy (non-hydrogen) atoms. The van der Waals surface area contributed by atoms with Gasteiger partial charge in [-0.3, -0.25) is 14.6 Å². The molecule has 1 aromatic rings. The first-order valence-corrected chi connectivity index (χ1v) is 9.90. The van der Waals surface area contributed by atoms with E-state index in [0.29, 0.717) is 18.5 Å². The van der Waals surface area contributed by atoms with Crippen molar-refractivity contribution >= 4 is 5.91 Å². The van der Waals surface area contributed by atoms with Crippen molar-refractivity contribution < 1.29 is 4.79 Å². The maximum absolute atomic E-state index is 12.4. The third-order valence-corrected chi connectivity index (χ3v) is 6.13. The molecule has 2 aliphatic rings. The van der Waals surface area contributed by atoms with E-state index in [1.807, 2.05) is 0 Å². The number of carbonyl (C=O) groups excluding carboxylic acids is 1. The standard InChI is InChI=1S/C21H33N3O/c1-17-7-6-10-20(18(17)2)22-21(25)16-24-13-11-23(12-14-24)15-19-8-4-3-5-9-19/h3-5,8-9,17-18,20H,6-7,10-16H2,1-2H3,(H,22,25)/t17-,18-,20+/m1/s1. The molecule has 3 atom stereocenters. The van der Waals surface area contributed by atoms with Gasteiger partial charge in [0.05, 0.1) is 6.54 Å². The van der Waals surface area contributed by atoms with E-state index < -0.39 is 0 Å². The zero-order valence-electron chi connectivity index (χ0n) is 15.8. The average molecular weight is 344 g/mol. The van der Waals surface area contributed by atoms with Crippen molar-refractivity contribution in [3.8, 4) is 0 Å². The third kappa shape index (κ3) is 5.29. The predicted molar refractivity (Wildman–Crippen MR) is 102 cm³/mol. The molecule has 0 bridgehead atoms. The Morgan fingerprint density at radius 3 is 2.44 bits per heavy atom. The molecule has 1 amide bonds. The van der Waals surface area contributed by atoms with Gasteiger partial charge in [-0.05, 0) is 23.8 Å². The van der Waals surface area contributed by atoms with Crippen molar-refractivity contribution in [2.75, 3.05) is 32.7 Å². The van der Waals surface area contributed by atoms with Gasteiger partial charge in [-0.15, -0.1) is 0 Å². The first-order chi connectivity index (χ1) is 12.1. The number of amides is 1. The van der Waals surface area contributed by atoms with E-state index in [4.69, 9.17) is 0 Å². The summed E-state index contributed by atoms with van der Waals surface area (Å²) >= 11 is 0. The second-order valence-corrected chi connectivity index (χ2v) is 7.98. The first kappa shape index (κ1) is 18.4. The van der Waals surface area contributed by atoms with Crippen LogP contribution in [0.3, 0.4) is 0 Å². The van der Waals surface area contributed by atoms with Crippen LogP contribution in [0.5, 0.6) is 0 Å². The molecule has 1 aliphatic carbocycles. The van der Waals surface area contributed by atoms with Gasteiger partial charge in [-0.1, -0.05) is 57.0 Å². The van der Waals surface area contributed by atoms with Crippen LogP contribution < -0.4 is 5.32 Å². The predicted octanol–water partition coefficient (Wildman–Crippen LogP) is 2.75. The van der Waals surface area contributed by atoms with Gasteiger partial charge >= 0.3 is 0 Å². The largest absolute Gasteiger partial charge is 0.352 e. The number of hydrogen-bond acceptors (Lipinski definition) is 3. The summed E-state index contributed by atoms with van der Waals surface area (Å²) in [6.07, 6.45) is 3.69. The maximum Gasteiger partial charge on any atom is 0.234 e. The number of nitrogens with one attached hydrogen (secondary N) is 1. The van der Waals surface area contributed by atoms with Crippen LogP contribution >= 0.6 is 0 Å². The summed E-state index contributed by atoms with van der Waals surface area (Å²) in [5.74, 6) is 1.53. The Labute approximate surface area is 152 Å². The van der Waals surface area contributed by atoms with E-state index in [1.54, 1.807) is 0 Å². The zero-order chi connectivity index (χ0) is 17.6. The Morgan fingerprint density at radius 1 is 1.04 bits per heavy atom. The molecular weight excluding hydrogens is 310 g/mol. The third-order valence-electron chi connectivity index (χ3n) is 6.13. The number of benzene rings is 1. The van der Waals surface area contributed by atoms with Crippen molar-refractivity contribution in [3.63, 3.8) is 0 Å². The Bertz CT molecular complexity index is 539. The number of carbonyl (C=O) groups is 1. The fourth-order valence-corrected chi connectivity index (χ4v) is 4.19. The molecule has 4 nitrogen and oxygen atoms in total. The van der Waals surface area contributed by atoms with Gasteiger partial charge < -0.3 is 5.32 Å². The fourth-order valence-electron chi connectivity index (χ4n) is 4.19. The molecule has 1 N–H and O–H groups in total. The molecule has 0 radical (unpaired) electrons. The summed E-state index contributed by atoms with van der Waals surface area (Å²) in [7, 11) is 0. The highest BCUT2D eigenvalue weighted by Crippen LogP contribution is 2.29. The summed E-state index contributed by atoms with van der Waals surface area (Å²) in [6.45, 7) is 10.2. The molecule has 0 spiro atoms. The lowest BCUT2D eigenvalue weighted by molar-refractivity contribution is -0.124. The lowest BCUT2D eigenvalue weighted by Gasteiger charge is -2.36. The first-order valence-electron chi connectivity index (χ1n) is 9.90.